The number of hydrogen-bond acceptors (Lipinski definition) is 6. The first-order valence-electron chi connectivity index (χ1n) is 7.62. The predicted octanol–water partition coefficient (Wildman–Crippen LogP) is 1.66. The summed E-state index contributed by atoms with van der Waals surface area (Å²) in [6, 6.07) is 7.92. The van der Waals surface area contributed by atoms with E-state index < -0.39 is 0 Å². The number of aromatic nitrogens is 5. The molecule has 0 radical (unpaired) electrons. The molecule has 0 aliphatic heterocycles. The van der Waals surface area contributed by atoms with Gasteiger partial charge in [-0.25, -0.2) is 10.1 Å². The number of fused-ring (bicyclic) bond motifs is 1. The lowest BCUT2D eigenvalue weighted by Gasteiger charge is -2.04. The average Bonchev–Trinajstić information content (AvgIpc) is 3.20. The summed E-state index contributed by atoms with van der Waals surface area (Å²) in [5, 5.41) is 18.6. The van der Waals surface area contributed by atoms with Crippen molar-refractivity contribution in [1.82, 2.24) is 24.7 Å². The molecule has 3 aromatic rings. The quantitative estimate of drug-likeness (QED) is 0.535. The molecule has 0 bridgehead atoms. The van der Waals surface area contributed by atoms with Gasteiger partial charge in [-0.3, -0.25) is 10.1 Å². The SMILES string of the molecule is O=C(CCCn1cnc2ccccc21)Nc1nc(SCCO)n[nH]1. The summed E-state index contributed by atoms with van der Waals surface area (Å²) < 4.78 is 2.04. The van der Waals surface area contributed by atoms with Crippen LogP contribution in [0.15, 0.2) is 35.7 Å². The molecule has 2 aromatic heterocycles. The number of anilines is 1. The number of imidazole rings is 1. The zero-order chi connectivity index (χ0) is 16.8. The first kappa shape index (κ1) is 16.5. The molecule has 8 nitrogen and oxygen atoms in total. The van der Waals surface area contributed by atoms with E-state index >= 15 is 0 Å². The first-order valence-corrected chi connectivity index (χ1v) is 8.60. The standard InChI is InChI=1S/C15H18N6O2S/c22-8-9-24-15-18-14(19-20-15)17-13(23)6-3-7-21-10-16-11-4-1-2-5-12(11)21/h1-2,4-5,10,22H,3,6-9H2,(H2,17,18,19,20,23). The van der Waals surface area contributed by atoms with E-state index in [-0.39, 0.29) is 12.5 Å². The number of carbonyl (C=O) groups excluding carboxylic acids is 1. The van der Waals surface area contributed by atoms with Crippen LogP contribution in [-0.2, 0) is 11.3 Å². The number of aromatic amines is 1. The van der Waals surface area contributed by atoms with Gasteiger partial charge in [-0.2, -0.15) is 4.98 Å². The number of rotatable bonds is 8. The molecule has 2 heterocycles. The third-order valence-electron chi connectivity index (χ3n) is 3.38. The summed E-state index contributed by atoms with van der Waals surface area (Å²) in [5.74, 6) is 0.729. The van der Waals surface area contributed by atoms with Crippen molar-refractivity contribution in [2.45, 2.75) is 24.5 Å². The number of aliphatic hydroxyl groups excluding tert-OH is 1. The fourth-order valence-corrected chi connectivity index (χ4v) is 2.84. The van der Waals surface area contributed by atoms with Crippen molar-refractivity contribution in [2.75, 3.05) is 17.7 Å². The lowest BCUT2D eigenvalue weighted by atomic mass is 10.2. The van der Waals surface area contributed by atoms with E-state index in [0.717, 1.165) is 17.6 Å². The number of nitrogens with one attached hydrogen (secondary N) is 2. The Balaban J connectivity index is 1.46. The van der Waals surface area contributed by atoms with E-state index in [0.29, 0.717) is 29.7 Å². The Morgan fingerprint density at radius 2 is 2.25 bits per heavy atom. The van der Waals surface area contributed by atoms with E-state index in [2.05, 4.69) is 25.5 Å². The predicted molar refractivity (Wildman–Crippen MR) is 91.8 cm³/mol. The number of amides is 1. The molecule has 1 aromatic carbocycles. The topological polar surface area (TPSA) is 109 Å². The minimum atomic E-state index is -0.116. The maximum Gasteiger partial charge on any atom is 0.226 e. The molecule has 3 rings (SSSR count). The van der Waals surface area contributed by atoms with Crippen LogP contribution >= 0.6 is 11.8 Å². The van der Waals surface area contributed by atoms with Gasteiger partial charge in [0.1, 0.15) is 0 Å². The molecule has 126 valence electrons. The number of aliphatic hydroxyl groups is 1. The van der Waals surface area contributed by atoms with Gasteiger partial charge in [-0.1, -0.05) is 23.9 Å². The van der Waals surface area contributed by atoms with Crippen molar-refractivity contribution in [1.29, 1.82) is 0 Å². The Morgan fingerprint density at radius 1 is 1.38 bits per heavy atom. The number of thioether (sulfide) groups is 1. The molecule has 0 saturated carbocycles. The van der Waals surface area contributed by atoms with Gasteiger partial charge in [0.25, 0.3) is 0 Å². The van der Waals surface area contributed by atoms with Crippen LogP contribution in [0.2, 0.25) is 0 Å². The van der Waals surface area contributed by atoms with Gasteiger partial charge in [0, 0.05) is 18.7 Å². The zero-order valence-electron chi connectivity index (χ0n) is 13.0. The molecule has 0 saturated heterocycles. The summed E-state index contributed by atoms with van der Waals surface area (Å²) in [6.45, 7) is 0.784. The highest BCUT2D eigenvalue weighted by Gasteiger charge is 2.08. The van der Waals surface area contributed by atoms with Crippen molar-refractivity contribution < 1.29 is 9.90 Å². The molecule has 0 fully saturated rings. The van der Waals surface area contributed by atoms with Crippen molar-refractivity contribution in [3.8, 4) is 0 Å². The third kappa shape index (κ3) is 4.12. The Labute approximate surface area is 142 Å². The van der Waals surface area contributed by atoms with Crippen LogP contribution in [0.1, 0.15) is 12.8 Å². The van der Waals surface area contributed by atoms with Gasteiger partial charge in [-0.05, 0) is 18.6 Å². The zero-order valence-corrected chi connectivity index (χ0v) is 13.8. The van der Waals surface area contributed by atoms with E-state index in [1.165, 1.54) is 11.8 Å². The van der Waals surface area contributed by atoms with Gasteiger partial charge in [0.05, 0.1) is 24.0 Å². The second-order valence-electron chi connectivity index (χ2n) is 5.12. The maximum absolute atomic E-state index is 12.0. The molecule has 0 aliphatic rings. The number of H-pyrrole nitrogens is 1. The Bertz CT molecular complexity index is 815. The molecule has 0 unspecified atom stereocenters. The van der Waals surface area contributed by atoms with Crippen LogP contribution in [0, 0.1) is 0 Å². The normalized spacial score (nSPS) is 11.0. The Kier molecular flexibility index (Phi) is 5.44. The molecule has 1 amide bonds. The molecular formula is C15H18N6O2S. The minimum Gasteiger partial charge on any atom is -0.396 e. The Morgan fingerprint density at radius 3 is 3.12 bits per heavy atom. The summed E-state index contributed by atoms with van der Waals surface area (Å²) in [7, 11) is 0. The highest BCUT2D eigenvalue weighted by molar-refractivity contribution is 7.99. The fraction of sp³-hybridized carbons (Fsp3) is 0.333. The number of para-hydroxylation sites is 2. The second-order valence-corrected chi connectivity index (χ2v) is 6.18. The summed E-state index contributed by atoms with van der Waals surface area (Å²) in [5.41, 5.74) is 2.02. The minimum absolute atomic E-state index is 0.0594. The fourth-order valence-electron chi connectivity index (χ4n) is 2.30. The van der Waals surface area contributed by atoms with Crippen molar-refractivity contribution in [3.05, 3.63) is 30.6 Å². The lowest BCUT2D eigenvalue weighted by Crippen LogP contribution is -2.13. The van der Waals surface area contributed by atoms with Crippen LogP contribution in [0.4, 0.5) is 5.95 Å². The maximum atomic E-state index is 12.0. The highest BCUT2D eigenvalue weighted by atomic mass is 32.2. The van der Waals surface area contributed by atoms with Crippen molar-refractivity contribution in [2.24, 2.45) is 0 Å². The Hall–Kier alpha value is -2.39. The van der Waals surface area contributed by atoms with Gasteiger partial charge in [0.2, 0.25) is 17.0 Å². The highest BCUT2D eigenvalue weighted by Crippen LogP contribution is 2.14. The lowest BCUT2D eigenvalue weighted by molar-refractivity contribution is -0.116. The average molecular weight is 346 g/mol. The molecule has 0 spiro atoms. The van der Waals surface area contributed by atoms with Crippen LogP contribution in [0.3, 0.4) is 0 Å². The largest absolute Gasteiger partial charge is 0.396 e. The molecule has 0 aliphatic carbocycles. The van der Waals surface area contributed by atoms with E-state index in [1.54, 1.807) is 6.33 Å². The molecule has 24 heavy (non-hydrogen) atoms. The van der Waals surface area contributed by atoms with Gasteiger partial charge < -0.3 is 9.67 Å². The second kappa shape index (κ2) is 7.93. The third-order valence-corrected chi connectivity index (χ3v) is 4.20. The van der Waals surface area contributed by atoms with Crippen LogP contribution in [0.25, 0.3) is 11.0 Å². The summed E-state index contributed by atoms with van der Waals surface area (Å²) in [4.78, 5) is 20.4. The summed E-state index contributed by atoms with van der Waals surface area (Å²) in [6.07, 6.45) is 2.88. The number of nitrogens with zero attached hydrogens (tertiary/aromatic N) is 4. The number of benzene rings is 1. The van der Waals surface area contributed by atoms with Crippen LogP contribution < -0.4 is 5.32 Å². The molecule has 0 atom stereocenters. The van der Waals surface area contributed by atoms with Crippen LogP contribution in [0.5, 0.6) is 0 Å². The van der Waals surface area contributed by atoms with E-state index in [4.69, 9.17) is 5.11 Å². The van der Waals surface area contributed by atoms with E-state index in [9.17, 15) is 4.79 Å². The molecular weight excluding hydrogens is 328 g/mol. The van der Waals surface area contributed by atoms with Gasteiger partial charge in [-0.15, -0.1) is 5.10 Å². The summed E-state index contributed by atoms with van der Waals surface area (Å²) >= 11 is 1.32. The number of carbonyl (C=O) groups is 1. The van der Waals surface area contributed by atoms with Gasteiger partial charge in [0.15, 0.2) is 0 Å². The molecule has 9 heteroatoms. The monoisotopic (exact) mass is 346 g/mol. The number of aryl methyl sites for hydroxylation is 1. The van der Waals surface area contributed by atoms with Crippen molar-refractivity contribution >= 4 is 34.7 Å². The first-order chi connectivity index (χ1) is 11.8. The molecule has 3 N–H and O–H groups in total. The smallest absolute Gasteiger partial charge is 0.226 e. The van der Waals surface area contributed by atoms with Gasteiger partial charge >= 0.3 is 0 Å². The number of hydrogen-bond donors (Lipinski definition) is 3. The van der Waals surface area contributed by atoms with Crippen molar-refractivity contribution in [3.63, 3.8) is 0 Å². The van der Waals surface area contributed by atoms with Crippen LogP contribution in [-0.4, -0.2) is 48.1 Å². The van der Waals surface area contributed by atoms with E-state index in [1.807, 2.05) is 28.8 Å².